The maximum Gasteiger partial charge on any atom is 0.256 e. The van der Waals surface area contributed by atoms with Crippen LogP contribution >= 0.6 is 0 Å². The van der Waals surface area contributed by atoms with Gasteiger partial charge in [-0.3, -0.25) is 14.7 Å². The van der Waals surface area contributed by atoms with Gasteiger partial charge in [-0.15, -0.1) is 0 Å². The van der Waals surface area contributed by atoms with Gasteiger partial charge in [-0.05, 0) is 36.1 Å². The van der Waals surface area contributed by atoms with Gasteiger partial charge in [0.25, 0.3) is 5.56 Å². The van der Waals surface area contributed by atoms with Crippen LogP contribution in [0.15, 0.2) is 89.7 Å². The van der Waals surface area contributed by atoms with E-state index in [9.17, 15) is 4.79 Å². The van der Waals surface area contributed by atoms with Crippen molar-refractivity contribution in [2.24, 2.45) is 0 Å². The van der Waals surface area contributed by atoms with E-state index >= 15 is 0 Å². The van der Waals surface area contributed by atoms with E-state index in [0.717, 1.165) is 43.0 Å². The van der Waals surface area contributed by atoms with E-state index in [1.165, 1.54) is 16.7 Å². The Morgan fingerprint density at radius 3 is 1.94 bits per heavy atom. The summed E-state index contributed by atoms with van der Waals surface area (Å²) in [4.78, 5) is 25.7. The van der Waals surface area contributed by atoms with Gasteiger partial charge in [0.15, 0.2) is 0 Å². The zero-order valence-corrected chi connectivity index (χ0v) is 20.4. The standard InChI is InChI=1S/C30H32N4O/c1-22-11-9-10-16-26(22)21-27-23(2)31-30(32-29(27)35)34-19-17-33(18-20-34)28(24-12-5-3-6-13-24)25-14-7-4-8-15-25/h3-16,28H,17-21H2,1-2H3,(H,31,32,35). The van der Waals surface area contributed by atoms with Crippen LogP contribution < -0.4 is 10.5 Å². The molecule has 1 aliphatic rings. The zero-order valence-electron chi connectivity index (χ0n) is 20.4. The van der Waals surface area contributed by atoms with Crippen LogP contribution in [0.2, 0.25) is 0 Å². The number of rotatable bonds is 6. The number of piperazine rings is 1. The normalized spacial score (nSPS) is 14.4. The van der Waals surface area contributed by atoms with Crippen LogP contribution in [-0.4, -0.2) is 41.0 Å². The van der Waals surface area contributed by atoms with E-state index in [2.05, 4.69) is 94.5 Å². The Bertz CT molecular complexity index is 1290. The van der Waals surface area contributed by atoms with Crippen molar-refractivity contribution in [2.45, 2.75) is 26.3 Å². The molecule has 1 N–H and O–H groups in total. The third-order valence-corrected chi connectivity index (χ3v) is 7.05. The molecule has 35 heavy (non-hydrogen) atoms. The van der Waals surface area contributed by atoms with Crippen LogP contribution in [0.3, 0.4) is 0 Å². The third-order valence-electron chi connectivity index (χ3n) is 7.05. The van der Waals surface area contributed by atoms with Crippen LogP contribution in [0.5, 0.6) is 0 Å². The Morgan fingerprint density at radius 2 is 1.37 bits per heavy atom. The molecule has 0 unspecified atom stereocenters. The lowest BCUT2D eigenvalue weighted by atomic mass is 9.96. The molecular weight excluding hydrogens is 432 g/mol. The lowest BCUT2D eigenvalue weighted by molar-refractivity contribution is 0.211. The number of anilines is 1. The van der Waals surface area contributed by atoms with Gasteiger partial charge in [0.05, 0.1) is 11.7 Å². The number of aryl methyl sites for hydroxylation is 2. The van der Waals surface area contributed by atoms with Crippen molar-refractivity contribution in [2.75, 3.05) is 31.1 Å². The summed E-state index contributed by atoms with van der Waals surface area (Å²) in [6, 6.07) is 29.8. The number of hydrogen-bond acceptors (Lipinski definition) is 4. The van der Waals surface area contributed by atoms with Crippen LogP contribution in [0.4, 0.5) is 5.95 Å². The Labute approximate surface area is 207 Å². The fourth-order valence-electron chi connectivity index (χ4n) is 5.03. The van der Waals surface area contributed by atoms with Crippen molar-refractivity contribution in [1.29, 1.82) is 0 Å². The summed E-state index contributed by atoms with van der Waals surface area (Å²) < 4.78 is 0. The van der Waals surface area contributed by atoms with Gasteiger partial charge >= 0.3 is 0 Å². The van der Waals surface area contributed by atoms with Crippen molar-refractivity contribution < 1.29 is 0 Å². The number of benzene rings is 3. The smallest absolute Gasteiger partial charge is 0.256 e. The second-order valence-corrected chi connectivity index (χ2v) is 9.30. The average Bonchev–Trinajstić information content (AvgIpc) is 2.89. The van der Waals surface area contributed by atoms with Crippen molar-refractivity contribution in [3.05, 3.63) is 129 Å². The van der Waals surface area contributed by atoms with Crippen LogP contribution in [0.1, 0.15) is 39.6 Å². The molecule has 1 fully saturated rings. The minimum absolute atomic E-state index is 0.0374. The number of aromatic amines is 1. The summed E-state index contributed by atoms with van der Waals surface area (Å²) in [5.41, 5.74) is 6.47. The Kier molecular flexibility index (Phi) is 6.77. The van der Waals surface area contributed by atoms with Gasteiger partial charge in [-0.2, -0.15) is 0 Å². The highest BCUT2D eigenvalue weighted by atomic mass is 16.1. The highest BCUT2D eigenvalue weighted by molar-refractivity contribution is 5.38. The molecule has 2 heterocycles. The van der Waals surface area contributed by atoms with Gasteiger partial charge in [0.1, 0.15) is 0 Å². The predicted octanol–water partition coefficient (Wildman–Crippen LogP) is 4.89. The maximum atomic E-state index is 13.0. The summed E-state index contributed by atoms with van der Waals surface area (Å²) in [5.74, 6) is 0.677. The van der Waals surface area contributed by atoms with Crippen molar-refractivity contribution in [3.8, 4) is 0 Å². The first-order valence-corrected chi connectivity index (χ1v) is 12.3. The van der Waals surface area contributed by atoms with Crippen LogP contribution in [0.25, 0.3) is 0 Å². The van der Waals surface area contributed by atoms with E-state index < -0.39 is 0 Å². The first kappa shape index (κ1) is 23.1. The highest BCUT2D eigenvalue weighted by Gasteiger charge is 2.27. The van der Waals surface area contributed by atoms with Gasteiger partial charge in [-0.1, -0.05) is 84.9 Å². The molecule has 0 bridgehead atoms. The Morgan fingerprint density at radius 1 is 0.800 bits per heavy atom. The molecule has 1 aromatic heterocycles. The van der Waals surface area contributed by atoms with E-state index in [1.54, 1.807) is 0 Å². The van der Waals surface area contributed by atoms with Crippen molar-refractivity contribution in [1.82, 2.24) is 14.9 Å². The lowest BCUT2D eigenvalue weighted by Gasteiger charge is -2.40. The monoisotopic (exact) mass is 464 g/mol. The van der Waals surface area contributed by atoms with Crippen molar-refractivity contribution in [3.63, 3.8) is 0 Å². The largest absolute Gasteiger partial charge is 0.340 e. The molecule has 1 saturated heterocycles. The Balaban J connectivity index is 1.33. The van der Waals surface area contributed by atoms with Crippen LogP contribution in [0, 0.1) is 13.8 Å². The highest BCUT2D eigenvalue weighted by Crippen LogP contribution is 2.30. The second-order valence-electron chi connectivity index (χ2n) is 9.30. The minimum atomic E-state index is -0.0374. The molecule has 178 valence electrons. The Hall–Kier alpha value is -3.70. The fourth-order valence-corrected chi connectivity index (χ4v) is 5.03. The zero-order chi connectivity index (χ0) is 24.2. The summed E-state index contributed by atoms with van der Waals surface area (Å²) >= 11 is 0. The number of H-pyrrole nitrogens is 1. The molecular formula is C30H32N4O. The quantitative estimate of drug-likeness (QED) is 0.442. The number of nitrogens with zero attached hydrogens (tertiary/aromatic N) is 3. The maximum absolute atomic E-state index is 13.0. The summed E-state index contributed by atoms with van der Waals surface area (Å²) in [6.45, 7) is 7.44. The fraction of sp³-hybridized carbons (Fsp3) is 0.267. The average molecular weight is 465 g/mol. The van der Waals surface area contributed by atoms with Gasteiger partial charge < -0.3 is 4.90 Å². The first-order chi connectivity index (χ1) is 17.1. The van der Waals surface area contributed by atoms with E-state index in [0.29, 0.717) is 12.4 Å². The molecule has 0 saturated carbocycles. The summed E-state index contributed by atoms with van der Waals surface area (Å²) in [6.07, 6.45) is 0.602. The molecule has 0 amide bonds. The number of nitrogens with one attached hydrogen (secondary N) is 1. The molecule has 5 nitrogen and oxygen atoms in total. The SMILES string of the molecule is Cc1ccccc1Cc1c(C)nc(N2CCN(C(c3ccccc3)c3ccccc3)CC2)[nH]c1=O. The summed E-state index contributed by atoms with van der Waals surface area (Å²) in [7, 11) is 0. The molecule has 5 rings (SSSR count). The van der Waals surface area contributed by atoms with Gasteiger partial charge in [-0.25, -0.2) is 4.98 Å². The molecule has 3 aromatic carbocycles. The van der Waals surface area contributed by atoms with E-state index in [-0.39, 0.29) is 11.6 Å². The van der Waals surface area contributed by atoms with E-state index in [4.69, 9.17) is 4.98 Å². The number of aromatic nitrogens is 2. The second kappa shape index (κ2) is 10.3. The lowest BCUT2D eigenvalue weighted by Crippen LogP contribution is -2.48. The molecule has 0 radical (unpaired) electrons. The molecule has 0 atom stereocenters. The first-order valence-electron chi connectivity index (χ1n) is 12.3. The van der Waals surface area contributed by atoms with Crippen molar-refractivity contribution >= 4 is 5.95 Å². The van der Waals surface area contributed by atoms with Crippen LogP contribution in [-0.2, 0) is 6.42 Å². The van der Waals surface area contributed by atoms with Gasteiger partial charge in [0, 0.05) is 38.2 Å². The molecule has 0 aliphatic carbocycles. The van der Waals surface area contributed by atoms with E-state index in [1.807, 2.05) is 19.1 Å². The third kappa shape index (κ3) is 5.05. The van der Waals surface area contributed by atoms with Gasteiger partial charge in [0.2, 0.25) is 5.95 Å². The molecule has 4 aromatic rings. The molecule has 0 spiro atoms. The summed E-state index contributed by atoms with van der Waals surface area (Å²) in [5, 5.41) is 0. The predicted molar refractivity (Wildman–Crippen MR) is 142 cm³/mol. The topological polar surface area (TPSA) is 52.2 Å². The number of hydrogen-bond donors (Lipinski definition) is 1. The molecule has 1 aliphatic heterocycles. The molecule has 5 heteroatoms. The minimum Gasteiger partial charge on any atom is -0.340 e.